The zero-order chi connectivity index (χ0) is 30.8. The normalized spacial score (nSPS) is 11.4. The van der Waals surface area contributed by atoms with E-state index in [1.807, 2.05) is 78.5 Å². The number of aromatic nitrogens is 4. The number of benzene rings is 3. The zero-order valence-corrected chi connectivity index (χ0v) is 26.2. The zero-order valence-electron chi connectivity index (χ0n) is 25.4. The van der Waals surface area contributed by atoms with Crippen molar-refractivity contribution in [3.05, 3.63) is 140 Å². The summed E-state index contributed by atoms with van der Waals surface area (Å²) in [5, 5.41) is 9.79. The number of thiazole rings is 1. The molecule has 222 valence electrons. The number of fused-ring (bicyclic) bond motifs is 1. The predicted molar refractivity (Wildman–Crippen MR) is 177 cm³/mol. The third kappa shape index (κ3) is 5.73. The van der Waals surface area contributed by atoms with E-state index in [1.54, 1.807) is 4.40 Å². The number of hydrogen-bond donors (Lipinski definition) is 1. The number of amides is 1. The van der Waals surface area contributed by atoms with Crippen molar-refractivity contribution in [2.24, 2.45) is 0 Å². The Balaban J connectivity index is 1.23. The number of aryl methyl sites for hydroxylation is 3. The number of rotatable bonds is 9. The molecule has 1 amide bonds. The number of hydrogen-bond acceptors (Lipinski definition) is 5. The molecule has 0 fully saturated rings. The first-order valence-corrected chi connectivity index (χ1v) is 15.7. The Hall–Kier alpha value is -4.82. The van der Waals surface area contributed by atoms with Crippen molar-refractivity contribution in [2.45, 2.75) is 46.5 Å². The summed E-state index contributed by atoms with van der Waals surface area (Å²) < 4.78 is 3.45. The SMILES string of the molecule is Cc1cccc(-n2nc(-c3c(C)nc4scc(CC(=O)NCCC(c5ccccc5)c5ccccc5)n4c3=O)cc2C)c1C. The highest BCUT2D eigenvalue weighted by Crippen LogP contribution is 2.28. The maximum absolute atomic E-state index is 14.0. The Kier molecular flexibility index (Phi) is 8.26. The lowest BCUT2D eigenvalue weighted by Crippen LogP contribution is -2.29. The second kappa shape index (κ2) is 12.4. The maximum atomic E-state index is 14.0. The molecular weight excluding hydrogens is 566 g/mol. The van der Waals surface area contributed by atoms with Crippen LogP contribution in [0.25, 0.3) is 21.9 Å². The second-order valence-electron chi connectivity index (χ2n) is 11.2. The van der Waals surface area contributed by atoms with Crippen molar-refractivity contribution in [2.75, 3.05) is 6.54 Å². The van der Waals surface area contributed by atoms with E-state index in [1.165, 1.54) is 28.0 Å². The summed E-state index contributed by atoms with van der Waals surface area (Å²) in [6.45, 7) is 8.49. The quantitative estimate of drug-likeness (QED) is 0.199. The minimum absolute atomic E-state index is 0.0847. The highest BCUT2D eigenvalue weighted by molar-refractivity contribution is 7.15. The Labute approximate surface area is 260 Å². The predicted octanol–water partition coefficient (Wildman–Crippen LogP) is 6.72. The molecule has 0 bridgehead atoms. The minimum Gasteiger partial charge on any atom is -0.356 e. The van der Waals surface area contributed by atoms with E-state index in [0.29, 0.717) is 34.2 Å². The topological polar surface area (TPSA) is 81.3 Å². The molecule has 1 N–H and O–H groups in total. The van der Waals surface area contributed by atoms with Gasteiger partial charge in [-0.05, 0) is 68.5 Å². The monoisotopic (exact) mass is 601 g/mol. The lowest BCUT2D eigenvalue weighted by Gasteiger charge is -2.18. The lowest BCUT2D eigenvalue weighted by atomic mass is 9.88. The van der Waals surface area contributed by atoms with Crippen LogP contribution in [0.1, 0.15) is 51.7 Å². The first-order chi connectivity index (χ1) is 21.3. The first-order valence-electron chi connectivity index (χ1n) is 14.8. The average molecular weight is 602 g/mol. The molecule has 44 heavy (non-hydrogen) atoms. The maximum Gasteiger partial charge on any atom is 0.268 e. The molecule has 6 rings (SSSR count). The van der Waals surface area contributed by atoms with Crippen molar-refractivity contribution in [3.63, 3.8) is 0 Å². The van der Waals surface area contributed by atoms with Gasteiger partial charge in [0.05, 0.1) is 23.4 Å². The van der Waals surface area contributed by atoms with E-state index < -0.39 is 0 Å². The average Bonchev–Trinajstić information content (AvgIpc) is 3.60. The van der Waals surface area contributed by atoms with Gasteiger partial charge in [-0.15, -0.1) is 11.3 Å². The lowest BCUT2D eigenvalue weighted by molar-refractivity contribution is -0.120. The van der Waals surface area contributed by atoms with Crippen LogP contribution in [0.15, 0.2) is 95.1 Å². The van der Waals surface area contributed by atoms with Gasteiger partial charge in [-0.2, -0.15) is 5.10 Å². The fraction of sp³-hybridized carbons (Fsp3) is 0.222. The molecule has 0 spiro atoms. The third-order valence-corrected chi connectivity index (χ3v) is 9.14. The molecule has 0 unspecified atom stereocenters. The van der Waals surface area contributed by atoms with Gasteiger partial charge in [0, 0.05) is 29.2 Å². The summed E-state index contributed by atoms with van der Waals surface area (Å²) in [7, 11) is 0. The van der Waals surface area contributed by atoms with Crippen LogP contribution in [-0.2, 0) is 11.2 Å². The van der Waals surface area contributed by atoms with Crippen LogP contribution < -0.4 is 10.9 Å². The molecule has 0 saturated carbocycles. The number of carbonyl (C=O) groups excluding carboxylic acids is 1. The second-order valence-corrected chi connectivity index (χ2v) is 12.1. The van der Waals surface area contributed by atoms with E-state index in [0.717, 1.165) is 23.4 Å². The smallest absolute Gasteiger partial charge is 0.268 e. The molecule has 6 aromatic rings. The van der Waals surface area contributed by atoms with Gasteiger partial charge < -0.3 is 5.32 Å². The van der Waals surface area contributed by atoms with E-state index in [4.69, 9.17) is 10.1 Å². The van der Waals surface area contributed by atoms with Gasteiger partial charge >= 0.3 is 0 Å². The number of nitrogens with one attached hydrogen (secondary N) is 1. The molecule has 7 nitrogen and oxygen atoms in total. The molecule has 8 heteroatoms. The summed E-state index contributed by atoms with van der Waals surface area (Å²) in [6, 6.07) is 28.8. The van der Waals surface area contributed by atoms with Crippen LogP contribution >= 0.6 is 11.3 Å². The van der Waals surface area contributed by atoms with E-state index in [2.05, 4.69) is 49.5 Å². The van der Waals surface area contributed by atoms with Crippen LogP contribution in [0.2, 0.25) is 0 Å². The largest absolute Gasteiger partial charge is 0.356 e. The van der Waals surface area contributed by atoms with Gasteiger partial charge in [0.2, 0.25) is 5.91 Å². The van der Waals surface area contributed by atoms with E-state index in [-0.39, 0.29) is 23.8 Å². The van der Waals surface area contributed by atoms with Gasteiger partial charge in [0.15, 0.2) is 4.96 Å². The third-order valence-electron chi connectivity index (χ3n) is 8.27. The minimum atomic E-state index is -0.213. The summed E-state index contributed by atoms with van der Waals surface area (Å²) in [5.41, 5.74) is 8.69. The molecule has 0 atom stereocenters. The molecule has 0 aliphatic heterocycles. The highest BCUT2D eigenvalue weighted by atomic mass is 32.1. The van der Waals surface area contributed by atoms with E-state index >= 15 is 0 Å². The van der Waals surface area contributed by atoms with Crippen LogP contribution in [0, 0.1) is 27.7 Å². The standard InChI is InChI=1S/C36H35N5O2S/c1-23-12-11-17-32(25(23)3)41-24(2)20-31(39-41)34-26(4)38-36-40(35(34)43)29(22-44-36)21-33(42)37-19-18-30(27-13-7-5-8-14-27)28-15-9-6-10-16-28/h5-17,20,22,30H,18-19,21H2,1-4H3,(H,37,42). The van der Waals surface area contributed by atoms with Crippen LogP contribution in [0.5, 0.6) is 0 Å². The molecule has 3 aromatic carbocycles. The van der Waals surface area contributed by atoms with Crippen LogP contribution in [0.4, 0.5) is 0 Å². The summed E-state index contributed by atoms with van der Waals surface area (Å²) >= 11 is 1.37. The number of nitrogens with zero attached hydrogens (tertiary/aromatic N) is 4. The molecular formula is C36H35N5O2S. The Morgan fingerprint density at radius 2 is 1.59 bits per heavy atom. The number of carbonyl (C=O) groups is 1. The van der Waals surface area contributed by atoms with Crippen molar-refractivity contribution in [1.29, 1.82) is 0 Å². The molecule has 0 aliphatic rings. The van der Waals surface area contributed by atoms with Crippen molar-refractivity contribution in [3.8, 4) is 16.9 Å². The van der Waals surface area contributed by atoms with Crippen LogP contribution in [0.3, 0.4) is 0 Å². The summed E-state index contributed by atoms with van der Waals surface area (Å²) in [6.07, 6.45) is 0.846. The molecule has 0 aliphatic carbocycles. The Bertz CT molecular complexity index is 1970. The Morgan fingerprint density at radius 3 is 2.27 bits per heavy atom. The van der Waals surface area contributed by atoms with Gasteiger partial charge in [-0.3, -0.25) is 14.0 Å². The van der Waals surface area contributed by atoms with E-state index in [9.17, 15) is 9.59 Å². The fourth-order valence-electron chi connectivity index (χ4n) is 5.81. The summed E-state index contributed by atoms with van der Waals surface area (Å²) in [5.74, 6) is 0.0394. The molecule has 0 saturated heterocycles. The fourth-order valence-corrected chi connectivity index (χ4v) is 6.73. The summed E-state index contributed by atoms with van der Waals surface area (Å²) in [4.78, 5) is 32.4. The highest BCUT2D eigenvalue weighted by Gasteiger charge is 2.21. The van der Waals surface area contributed by atoms with Crippen molar-refractivity contribution < 1.29 is 4.79 Å². The van der Waals surface area contributed by atoms with Crippen LogP contribution in [-0.4, -0.2) is 31.6 Å². The molecule has 3 heterocycles. The first kappa shape index (κ1) is 29.3. The van der Waals surface area contributed by atoms with Gasteiger partial charge in [0.1, 0.15) is 5.69 Å². The van der Waals surface area contributed by atoms with Crippen molar-refractivity contribution in [1.82, 2.24) is 24.5 Å². The van der Waals surface area contributed by atoms with Crippen molar-refractivity contribution >= 4 is 22.2 Å². The van der Waals surface area contributed by atoms with Gasteiger partial charge in [-0.1, -0.05) is 72.8 Å². The van der Waals surface area contributed by atoms with Gasteiger partial charge in [-0.25, -0.2) is 9.67 Å². The molecule has 0 radical (unpaired) electrons. The molecule has 3 aromatic heterocycles. The Morgan fingerprint density at radius 1 is 0.909 bits per heavy atom. The van der Waals surface area contributed by atoms with Gasteiger partial charge in [0.25, 0.3) is 5.56 Å².